The van der Waals surface area contributed by atoms with Gasteiger partial charge in [-0.05, 0) is 37.6 Å². The van der Waals surface area contributed by atoms with Crippen molar-refractivity contribution >= 4 is 11.9 Å². The van der Waals surface area contributed by atoms with Crippen LogP contribution in [0.15, 0.2) is 24.3 Å². The lowest BCUT2D eigenvalue weighted by molar-refractivity contribution is -0.144. The fourth-order valence-electron chi connectivity index (χ4n) is 4.13. The van der Waals surface area contributed by atoms with Gasteiger partial charge in [0.15, 0.2) is 0 Å². The smallest absolute Gasteiger partial charge is 0.323 e. The number of amides is 1. The number of rotatable bonds is 4. The minimum Gasteiger partial charge on any atom is -0.480 e. The van der Waals surface area contributed by atoms with E-state index < -0.39 is 5.97 Å². The van der Waals surface area contributed by atoms with E-state index in [2.05, 4.69) is 16.8 Å². The van der Waals surface area contributed by atoms with Crippen molar-refractivity contribution in [3.8, 4) is 0 Å². The third-order valence-electron chi connectivity index (χ3n) is 5.70. The Morgan fingerprint density at radius 1 is 1.27 bits per heavy atom. The van der Waals surface area contributed by atoms with Gasteiger partial charge in [0.05, 0.1) is 0 Å². The number of carbonyl (C=O) groups is 2. The Kier molecular flexibility index (Phi) is 5.58. The average Bonchev–Trinajstić information content (AvgIpc) is 2.73. The van der Waals surface area contributed by atoms with Gasteiger partial charge in [0.1, 0.15) is 12.4 Å². The minimum absolute atomic E-state index is 0.0834. The Hall–Kier alpha value is -1.99. The van der Waals surface area contributed by atoms with E-state index in [-0.39, 0.29) is 23.8 Å². The Bertz CT molecular complexity index is 684. The molecule has 1 aromatic carbocycles. The third-order valence-corrected chi connectivity index (χ3v) is 5.70. The first-order chi connectivity index (χ1) is 12.4. The van der Waals surface area contributed by atoms with Gasteiger partial charge in [-0.25, -0.2) is 4.39 Å². The highest BCUT2D eigenvalue weighted by molar-refractivity contribution is 5.81. The summed E-state index contributed by atoms with van der Waals surface area (Å²) in [6.45, 7) is 3.48. The molecule has 3 rings (SSSR count). The number of likely N-dealkylation sites (tertiary alicyclic amines) is 1. The molecule has 7 heteroatoms. The molecule has 2 aliphatic heterocycles. The van der Waals surface area contributed by atoms with Gasteiger partial charge in [0.2, 0.25) is 5.91 Å². The van der Waals surface area contributed by atoms with Crippen LogP contribution >= 0.6 is 0 Å². The van der Waals surface area contributed by atoms with E-state index in [9.17, 15) is 14.0 Å². The maximum atomic E-state index is 13.5. The fourth-order valence-corrected chi connectivity index (χ4v) is 4.13. The molecule has 1 amide bonds. The monoisotopic (exact) mass is 363 g/mol. The molecular weight excluding hydrogens is 337 g/mol. The molecule has 26 heavy (non-hydrogen) atoms. The second kappa shape index (κ2) is 7.72. The molecule has 0 saturated carbocycles. The lowest BCUT2D eigenvalue weighted by Crippen LogP contribution is -2.60. The van der Waals surface area contributed by atoms with Gasteiger partial charge in [-0.3, -0.25) is 19.4 Å². The Morgan fingerprint density at radius 2 is 2.08 bits per heavy atom. The predicted molar refractivity (Wildman–Crippen MR) is 95.1 cm³/mol. The van der Waals surface area contributed by atoms with Gasteiger partial charge in [0.25, 0.3) is 0 Å². The Balaban J connectivity index is 1.71. The first-order valence-electron chi connectivity index (χ1n) is 9.06. The van der Waals surface area contributed by atoms with Crippen molar-refractivity contribution in [2.75, 3.05) is 39.8 Å². The zero-order chi connectivity index (χ0) is 18.7. The largest absolute Gasteiger partial charge is 0.480 e. The maximum absolute atomic E-state index is 13.5. The number of piperazine rings is 1. The molecular formula is C19H26FN3O3. The van der Waals surface area contributed by atoms with Gasteiger partial charge < -0.3 is 10.0 Å². The van der Waals surface area contributed by atoms with Gasteiger partial charge in [0, 0.05) is 44.7 Å². The van der Waals surface area contributed by atoms with Crippen molar-refractivity contribution in [1.29, 1.82) is 0 Å². The topological polar surface area (TPSA) is 64.1 Å². The number of carboxylic acid groups (broad SMARTS) is 1. The van der Waals surface area contributed by atoms with E-state index in [0.717, 1.165) is 38.0 Å². The predicted octanol–water partition coefficient (Wildman–Crippen LogP) is 1.41. The van der Waals surface area contributed by atoms with Crippen LogP contribution in [0.25, 0.3) is 0 Å². The van der Waals surface area contributed by atoms with Crippen LogP contribution < -0.4 is 0 Å². The van der Waals surface area contributed by atoms with Gasteiger partial charge in [-0.1, -0.05) is 12.1 Å². The van der Waals surface area contributed by atoms with E-state index in [1.54, 1.807) is 12.1 Å². The number of halogens is 1. The summed E-state index contributed by atoms with van der Waals surface area (Å²) in [5, 5.41) is 9.01. The maximum Gasteiger partial charge on any atom is 0.323 e. The van der Waals surface area contributed by atoms with Crippen molar-refractivity contribution < 1.29 is 19.1 Å². The fraction of sp³-hybridized carbons (Fsp3) is 0.579. The molecule has 0 unspecified atom stereocenters. The Morgan fingerprint density at radius 3 is 2.81 bits per heavy atom. The number of aliphatic carboxylic acids is 1. The number of benzene rings is 1. The molecule has 2 heterocycles. The molecule has 2 saturated heterocycles. The number of nitrogens with zero attached hydrogens (tertiary/aromatic N) is 3. The first kappa shape index (κ1) is 18.8. The van der Waals surface area contributed by atoms with Crippen molar-refractivity contribution in [1.82, 2.24) is 14.7 Å². The van der Waals surface area contributed by atoms with Crippen molar-refractivity contribution in [3.05, 3.63) is 35.6 Å². The van der Waals surface area contributed by atoms with Crippen LogP contribution in [0.3, 0.4) is 0 Å². The summed E-state index contributed by atoms with van der Waals surface area (Å²) in [7, 11) is 2.08. The number of hydrogen-bond donors (Lipinski definition) is 1. The normalized spacial score (nSPS) is 25.5. The highest BCUT2D eigenvalue weighted by atomic mass is 19.1. The highest BCUT2D eigenvalue weighted by Crippen LogP contribution is 2.32. The van der Waals surface area contributed by atoms with Crippen LogP contribution in [-0.4, -0.2) is 77.0 Å². The Labute approximate surface area is 153 Å². The van der Waals surface area contributed by atoms with E-state index in [0.29, 0.717) is 19.5 Å². The van der Waals surface area contributed by atoms with Crippen LogP contribution in [0.4, 0.5) is 4.39 Å². The first-order valence-corrected chi connectivity index (χ1v) is 9.06. The molecule has 1 N–H and O–H groups in total. The summed E-state index contributed by atoms with van der Waals surface area (Å²) in [5.41, 5.74) is 0.802. The number of likely N-dealkylation sites (N-methyl/N-ethyl adjacent to an activating group) is 1. The van der Waals surface area contributed by atoms with Gasteiger partial charge in [-0.15, -0.1) is 0 Å². The van der Waals surface area contributed by atoms with Crippen LogP contribution in [0.2, 0.25) is 0 Å². The quantitative estimate of drug-likeness (QED) is 0.876. The van der Waals surface area contributed by atoms with Crippen LogP contribution in [-0.2, 0) is 16.1 Å². The molecule has 0 bridgehead atoms. The molecule has 2 aliphatic rings. The molecule has 0 aliphatic carbocycles. The molecule has 2 fully saturated rings. The number of hydrogen-bond acceptors (Lipinski definition) is 4. The summed E-state index contributed by atoms with van der Waals surface area (Å²) in [6.07, 6.45) is 1.84. The second-order valence-corrected chi connectivity index (χ2v) is 7.45. The molecule has 0 radical (unpaired) electrons. The molecule has 142 valence electrons. The number of carboxylic acids is 1. The summed E-state index contributed by atoms with van der Waals surface area (Å²) in [5.74, 6) is -1.28. The highest BCUT2D eigenvalue weighted by Gasteiger charge is 2.42. The lowest BCUT2D eigenvalue weighted by Gasteiger charge is -2.49. The summed E-state index contributed by atoms with van der Waals surface area (Å²) in [6, 6.07) is 6.67. The molecule has 1 atom stereocenters. The van der Waals surface area contributed by atoms with E-state index >= 15 is 0 Å². The SMILES string of the molecule is CN1CCN(Cc2cccc(F)c2)C[C@@]12CCC(=O)N(CC(=O)O)CC2. The molecule has 1 aromatic rings. The molecule has 6 nitrogen and oxygen atoms in total. The summed E-state index contributed by atoms with van der Waals surface area (Å²) in [4.78, 5) is 29.4. The summed E-state index contributed by atoms with van der Waals surface area (Å²) >= 11 is 0. The average molecular weight is 363 g/mol. The third kappa shape index (κ3) is 4.22. The second-order valence-electron chi connectivity index (χ2n) is 7.45. The molecule has 0 aromatic heterocycles. The van der Waals surface area contributed by atoms with Crippen molar-refractivity contribution in [2.45, 2.75) is 31.3 Å². The molecule has 1 spiro atoms. The summed E-state index contributed by atoms with van der Waals surface area (Å²) < 4.78 is 13.5. The zero-order valence-electron chi connectivity index (χ0n) is 15.2. The van der Waals surface area contributed by atoms with Crippen molar-refractivity contribution in [3.63, 3.8) is 0 Å². The van der Waals surface area contributed by atoms with Crippen molar-refractivity contribution in [2.24, 2.45) is 0 Å². The minimum atomic E-state index is -0.973. The van der Waals surface area contributed by atoms with Gasteiger partial charge >= 0.3 is 5.97 Å². The standard InChI is InChI=1S/C19H26FN3O3/c1-21-9-10-22(12-15-3-2-4-16(20)11-15)14-19(21)6-5-17(24)23(8-7-19)13-18(25)26/h2-4,11H,5-10,12-14H2,1H3,(H,25,26)/t19-/m0/s1. The lowest BCUT2D eigenvalue weighted by atomic mass is 9.86. The van der Waals surface area contributed by atoms with Gasteiger partial charge in [-0.2, -0.15) is 0 Å². The zero-order valence-corrected chi connectivity index (χ0v) is 15.2. The van der Waals surface area contributed by atoms with E-state index in [1.807, 2.05) is 6.07 Å². The number of carbonyl (C=O) groups excluding carboxylic acids is 1. The van der Waals surface area contributed by atoms with Crippen LogP contribution in [0.5, 0.6) is 0 Å². The van der Waals surface area contributed by atoms with Crippen LogP contribution in [0.1, 0.15) is 24.8 Å². The van der Waals surface area contributed by atoms with Crippen LogP contribution in [0, 0.1) is 5.82 Å². The van der Waals surface area contributed by atoms with E-state index in [1.165, 1.54) is 11.0 Å². The van der Waals surface area contributed by atoms with E-state index in [4.69, 9.17) is 5.11 Å².